The maximum absolute atomic E-state index is 9.15. The molecule has 0 rings (SSSR count). The third-order valence-electron chi connectivity index (χ3n) is 1.32. The first-order valence-corrected chi connectivity index (χ1v) is 3.59. The van der Waals surface area contributed by atoms with Crippen molar-refractivity contribution in [3.05, 3.63) is 12.7 Å². The number of aliphatic hydroxyl groups excluding tert-OH is 1. The summed E-state index contributed by atoms with van der Waals surface area (Å²) in [6.45, 7) is 4.27. The molecular weight excluding hydrogens is 128 g/mol. The zero-order chi connectivity index (χ0) is 7.82. The zero-order valence-corrected chi connectivity index (χ0v) is 6.55. The molecule has 1 N–H and O–H groups in total. The van der Waals surface area contributed by atoms with Gasteiger partial charge in [-0.2, -0.15) is 0 Å². The van der Waals surface area contributed by atoms with Crippen LogP contribution in [0.15, 0.2) is 12.7 Å². The van der Waals surface area contributed by atoms with Crippen molar-refractivity contribution in [1.82, 2.24) is 0 Å². The van der Waals surface area contributed by atoms with Crippen LogP contribution in [-0.2, 0) is 4.74 Å². The molecule has 0 fully saturated rings. The molecule has 0 aliphatic carbocycles. The van der Waals surface area contributed by atoms with Gasteiger partial charge in [0.05, 0.1) is 6.10 Å². The number of aliphatic hydroxyl groups is 1. The predicted molar refractivity (Wildman–Crippen MR) is 41.9 cm³/mol. The van der Waals surface area contributed by atoms with Crippen LogP contribution < -0.4 is 0 Å². The van der Waals surface area contributed by atoms with Crippen molar-refractivity contribution >= 4 is 0 Å². The van der Waals surface area contributed by atoms with E-state index in [4.69, 9.17) is 9.84 Å². The molecule has 1 unspecified atom stereocenters. The van der Waals surface area contributed by atoms with Crippen LogP contribution in [0.4, 0.5) is 0 Å². The molecule has 0 spiro atoms. The molecule has 10 heavy (non-hydrogen) atoms. The molecule has 0 aromatic carbocycles. The molecule has 2 nitrogen and oxygen atoms in total. The van der Waals surface area contributed by atoms with E-state index in [0.717, 1.165) is 19.4 Å². The molecule has 2 heteroatoms. The molecule has 0 bridgehead atoms. The second-order valence-electron chi connectivity index (χ2n) is 2.31. The van der Waals surface area contributed by atoms with Gasteiger partial charge in [0.2, 0.25) is 0 Å². The number of ether oxygens (including phenoxy) is 1. The van der Waals surface area contributed by atoms with Crippen molar-refractivity contribution in [2.24, 2.45) is 0 Å². The largest absolute Gasteiger partial charge is 0.393 e. The van der Waals surface area contributed by atoms with Crippen LogP contribution in [0.1, 0.15) is 19.3 Å². The van der Waals surface area contributed by atoms with E-state index in [1.165, 1.54) is 0 Å². The van der Waals surface area contributed by atoms with Gasteiger partial charge in [-0.1, -0.05) is 6.08 Å². The fourth-order valence-corrected chi connectivity index (χ4v) is 0.774. The Morgan fingerprint density at radius 2 is 2.40 bits per heavy atom. The Hall–Kier alpha value is -0.340. The monoisotopic (exact) mass is 144 g/mol. The van der Waals surface area contributed by atoms with Crippen molar-refractivity contribution in [3.63, 3.8) is 0 Å². The highest BCUT2D eigenvalue weighted by Gasteiger charge is 1.99. The van der Waals surface area contributed by atoms with E-state index in [0.29, 0.717) is 6.42 Å². The van der Waals surface area contributed by atoms with E-state index in [1.54, 1.807) is 13.2 Å². The normalized spacial score (nSPS) is 13.0. The summed E-state index contributed by atoms with van der Waals surface area (Å²) in [6.07, 6.45) is 3.92. The summed E-state index contributed by atoms with van der Waals surface area (Å²) in [5.74, 6) is 0. The summed E-state index contributed by atoms with van der Waals surface area (Å²) in [5, 5.41) is 9.15. The Morgan fingerprint density at radius 1 is 1.70 bits per heavy atom. The first-order chi connectivity index (χ1) is 4.81. The van der Waals surface area contributed by atoms with Gasteiger partial charge in [-0.05, 0) is 19.3 Å². The molecule has 60 valence electrons. The lowest BCUT2D eigenvalue weighted by Crippen LogP contribution is -2.05. The number of methoxy groups -OCH3 is 1. The molecule has 0 aliphatic rings. The van der Waals surface area contributed by atoms with E-state index in [2.05, 4.69) is 6.58 Å². The molecule has 0 aromatic rings. The molecule has 0 heterocycles. The van der Waals surface area contributed by atoms with Gasteiger partial charge < -0.3 is 9.84 Å². The molecule has 0 radical (unpaired) electrons. The average Bonchev–Trinajstić information content (AvgIpc) is 1.89. The fourth-order valence-electron chi connectivity index (χ4n) is 0.774. The van der Waals surface area contributed by atoms with Gasteiger partial charge >= 0.3 is 0 Å². The van der Waals surface area contributed by atoms with Gasteiger partial charge in [-0.15, -0.1) is 6.58 Å². The van der Waals surface area contributed by atoms with Crippen molar-refractivity contribution in [3.8, 4) is 0 Å². The summed E-state index contributed by atoms with van der Waals surface area (Å²) in [6, 6.07) is 0. The van der Waals surface area contributed by atoms with Gasteiger partial charge in [-0.25, -0.2) is 0 Å². The van der Waals surface area contributed by atoms with E-state index < -0.39 is 0 Å². The lowest BCUT2D eigenvalue weighted by molar-refractivity contribution is 0.137. The van der Waals surface area contributed by atoms with Crippen molar-refractivity contribution < 1.29 is 9.84 Å². The smallest absolute Gasteiger partial charge is 0.0575 e. The molecule has 0 amide bonds. The minimum absolute atomic E-state index is 0.229. The highest BCUT2D eigenvalue weighted by atomic mass is 16.5. The van der Waals surface area contributed by atoms with E-state index >= 15 is 0 Å². The van der Waals surface area contributed by atoms with Crippen LogP contribution >= 0.6 is 0 Å². The van der Waals surface area contributed by atoms with Gasteiger partial charge in [-0.3, -0.25) is 0 Å². The standard InChI is InChI=1S/C8H16O2/c1-3-5-8(9)6-4-7-10-2/h3,8-9H,1,4-7H2,2H3. The third-order valence-corrected chi connectivity index (χ3v) is 1.32. The lowest BCUT2D eigenvalue weighted by Gasteiger charge is -2.05. The van der Waals surface area contributed by atoms with Gasteiger partial charge in [0.15, 0.2) is 0 Å². The summed E-state index contributed by atoms with van der Waals surface area (Å²) in [7, 11) is 1.67. The Kier molecular flexibility index (Phi) is 6.55. The Balaban J connectivity index is 3.04. The van der Waals surface area contributed by atoms with Crippen molar-refractivity contribution in [2.75, 3.05) is 13.7 Å². The maximum Gasteiger partial charge on any atom is 0.0575 e. The highest BCUT2D eigenvalue weighted by molar-refractivity contribution is 4.71. The second kappa shape index (κ2) is 6.78. The third kappa shape index (κ3) is 5.79. The van der Waals surface area contributed by atoms with Crippen LogP contribution in [0.3, 0.4) is 0 Å². The zero-order valence-electron chi connectivity index (χ0n) is 6.55. The molecule has 0 saturated carbocycles. The first-order valence-electron chi connectivity index (χ1n) is 3.59. The predicted octanol–water partition coefficient (Wildman–Crippen LogP) is 1.35. The maximum atomic E-state index is 9.15. The highest BCUT2D eigenvalue weighted by Crippen LogP contribution is 2.01. The molecule has 0 aliphatic heterocycles. The molecule has 0 saturated heterocycles. The Labute approximate surface area is 62.5 Å². The van der Waals surface area contributed by atoms with Crippen LogP contribution in [0.5, 0.6) is 0 Å². The van der Waals surface area contributed by atoms with Crippen LogP contribution in [-0.4, -0.2) is 24.9 Å². The quantitative estimate of drug-likeness (QED) is 0.450. The number of hydrogen-bond donors (Lipinski definition) is 1. The van der Waals surface area contributed by atoms with E-state index in [1.807, 2.05) is 0 Å². The summed E-state index contributed by atoms with van der Waals surface area (Å²) >= 11 is 0. The van der Waals surface area contributed by atoms with Gasteiger partial charge in [0.1, 0.15) is 0 Å². The molecule has 1 atom stereocenters. The fraction of sp³-hybridized carbons (Fsp3) is 0.750. The topological polar surface area (TPSA) is 29.5 Å². The number of hydrogen-bond acceptors (Lipinski definition) is 2. The van der Waals surface area contributed by atoms with Gasteiger partial charge in [0, 0.05) is 13.7 Å². The van der Waals surface area contributed by atoms with E-state index in [9.17, 15) is 0 Å². The first kappa shape index (κ1) is 9.66. The van der Waals surface area contributed by atoms with Crippen molar-refractivity contribution in [2.45, 2.75) is 25.4 Å². The van der Waals surface area contributed by atoms with Gasteiger partial charge in [0.25, 0.3) is 0 Å². The van der Waals surface area contributed by atoms with Crippen LogP contribution in [0.2, 0.25) is 0 Å². The number of rotatable bonds is 6. The SMILES string of the molecule is C=CCC(O)CCCOC. The van der Waals surface area contributed by atoms with E-state index in [-0.39, 0.29) is 6.10 Å². The summed E-state index contributed by atoms with van der Waals surface area (Å²) < 4.78 is 4.83. The second-order valence-corrected chi connectivity index (χ2v) is 2.31. The summed E-state index contributed by atoms with van der Waals surface area (Å²) in [4.78, 5) is 0. The molecule has 0 aromatic heterocycles. The molecular formula is C8H16O2. The Bertz CT molecular complexity index is 81.3. The Morgan fingerprint density at radius 3 is 2.90 bits per heavy atom. The van der Waals surface area contributed by atoms with Crippen molar-refractivity contribution in [1.29, 1.82) is 0 Å². The summed E-state index contributed by atoms with van der Waals surface area (Å²) in [5.41, 5.74) is 0. The minimum Gasteiger partial charge on any atom is -0.393 e. The average molecular weight is 144 g/mol. The minimum atomic E-state index is -0.229. The van der Waals surface area contributed by atoms with Crippen LogP contribution in [0.25, 0.3) is 0 Å². The van der Waals surface area contributed by atoms with Crippen LogP contribution in [0, 0.1) is 0 Å². The lowest BCUT2D eigenvalue weighted by atomic mass is 10.1.